The molecule has 3 aliphatic carbocycles. The molecule has 0 radical (unpaired) electrons. The van der Waals surface area contributed by atoms with E-state index in [1.165, 1.54) is 35.8 Å². The number of fused-ring (bicyclic) bond motifs is 5. The van der Waals surface area contributed by atoms with Crippen LogP contribution in [0.25, 0.3) is 5.69 Å². The summed E-state index contributed by atoms with van der Waals surface area (Å²) < 4.78 is 4.68. The Morgan fingerprint density at radius 1 is 0.976 bits per heavy atom. The first kappa shape index (κ1) is 29.4. The fourth-order valence-electron chi connectivity index (χ4n) is 9.30. The monoisotopic (exact) mass is 575 g/mol. The summed E-state index contributed by atoms with van der Waals surface area (Å²) in [6.07, 6.45) is 9.50. The second kappa shape index (κ2) is 11.1. The van der Waals surface area contributed by atoms with Crippen LogP contribution < -0.4 is 11.4 Å². The van der Waals surface area contributed by atoms with Crippen molar-refractivity contribution in [3.05, 3.63) is 74.1 Å². The van der Waals surface area contributed by atoms with Gasteiger partial charge in [-0.1, -0.05) is 71.2 Å². The van der Waals surface area contributed by atoms with E-state index in [2.05, 4.69) is 33.8 Å². The highest BCUT2D eigenvalue weighted by Gasteiger charge is 2.55. The highest BCUT2D eigenvalue weighted by Crippen LogP contribution is 2.62. The van der Waals surface area contributed by atoms with Crippen LogP contribution in [0.5, 0.6) is 0 Å². The Hall–Kier alpha value is -2.64. The molecular weight excluding hydrogens is 526 g/mol. The third-order valence-corrected chi connectivity index (χ3v) is 11.5. The van der Waals surface area contributed by atoms with E-state index in [0.717, 1.165) is 36.3 Å². The zero-order valence-electron chi connectivity index (χ0n) is 26.0. The third-order valence-electron chi connectivity index (χ3n) is 11.5. The summed E-state index contributed by atoms with van der Waals surface area (Å²) >= 11 is 0. The van der Waals surface area contributed by atoms with Gasteiger partial charge in [-0.3, -0.25) is 0 Å². The Labute approximate surface area is 249 Å². The molecule has 2 N–H and O–H groups in total. The SMILES string of the molecule is CC1=C([C@H]2C=C3[C@@H](CC[C@]4(C)[C@@H]3CC[C@H]4[C@@H](C)CCCC(C)C)n3c(=O)n(-c4ccccc4)c(=O)n32)C[C@H](O)C[C@H]1O. The largest absolute Gasteiger partial charge is 0.393 e. The van der Waals surface area contributed by atoms with Crippen molar-refractivity contribution >= 4 is 0 Å². The van der Waals surface area contributed by atoms with Crippen molar-refractivity contribution in [3.8, 4) is 5.69 Å². The van der Waals surface area contributed by atoms with Gasteiger partial charge in [0.15, 0.2) is 0 Å². The van der Waals surface area contributed by atoms with Gasteiger partial charge in [0.2, 0.25) is 0 Å². The number of hydrogen-bond acceptors (Lipinski definition) is 4. The molecule has 0 amide bonds. The lowest BCUT2D eigenvalue weighted by Crippen LogP contribution is -2.46. The van der Waals surface area contributed by atoms with Crippen molar-refractivity contribution < 1.29 is 10.2 Å². The molecule has 1 aliphatic heterocycles. The normalized spacial score (nSPS) is 33.3. The maximum atomic E-state index is 14.2. The average Bonchev–Trinajstić information content (AvgIpc) is 3.44. The molecule has 8 atom stereocenters. The van der Waals surface area contributed by atoms with Crippen LogP contribution in [-0.2, 0) is 0 Å². The molecule has 42 heavy (non-hydrogen) atoms. The summed E-state index contributed by atoms with van der Waals surface area (Å²) in [6, 6.07) is 8.52. The van der Waals surface area contributed by atoms with Gasteiger partial charge in [0.1, 0.15) is 0 Å². The second-order valence-electron chi connectivity index (χ2n) is 14.5. The second-order valence-corrected chi connectivity index (χ2v) is 14.5. The molecule has 6 rings (SSSR count). The van der Waals surface area contributed by atoms with E-state index in [1.807, 2.05) is 25.1 Å². The first-order valence-electron chi connectivity index (χ1n) is 16.3. The van der Waals surface area contributed by atoms with Crippen molar-refractivity contribution in [2.45, 2.75) is 117 Å². The first-order chi connectivity index (χ1) is 20.0. The molecule has 7 nitrogen and oxygen atoms in total. The molecule has 1 aromatic heterocycles. The number of para-hydroxylation sites is 1. The molecule has 0 bridgehead atoms. The van der Waals surface area contributed by atoms with Crippen LogP contribution in [0.15, 0.2) is 62.7 Å². The van der Waals surface area contributed by atoms with E-state index >= 15 is 0 Å². The average molecular weight is 576 g/mol. The summed E-state index contributed by atoms with van der Waals surface area (Å²) in [6.45, 7) is 11.5. The molecule has 4 aliphatic rings. The predicted molar refractivity (Wildman–Crippen MR) is 166 cm³/mol. The Morgan fingerprint density at radius 2 is 1.69 bits per heavy atom. The van der Waals surface area contributed by atoms with Gasteiger partial charge in [-0.25, -0.2) is 23.5 Å². The minimum Gasteiger partial charge on any atom is -0.393 e. The molecule has 228 valence electrons. The van der Waals surface area contributed by atoms with Crippen molar-refractivity contribution in [1.82, 2.24) is 13.9 Å². The maximum Gasteiger partial charge on any atom is 0.352 e. The zero-order valence-corrected chi connectivity index (χ0v) is 26.0. The number of aromatic nitrogens is 3. The quantitative estimate of drug-likeness (QED) is 0.400. The van der Waals surface area contributed by atoms with Crippen molar-refractivity contribution in [3.63, 3.8) is 0 Å². The van der Waals surface area contributed by atoms with Crippen LogP contribution in [0, 0.1) is 29.1 Å². The predicted octanol–water partition coefficient (Wildman–Crippen LogP) is 5.94. The lowest BCUT2D eigenvalue weighted by Gasteiger charge is -2.49. The number of nitrogens with zero attached hydrogens (tertiary/aromatic N) is 3. The van der Waals surface area contributed by atoms with Crippen LogP contribution in [0.1, 0.15) is 104 Å². The highest BCUT2D eigenvalue weighted by molar-refractivity contribution is 5.37. The van der Waals surface area contributed by atoms with Gasteiger partial charge < -0.3 is 10.2 Å². The van der Waals surface area contributed by atoms with Gasteiger partial charge in [0, 0.05) is 6.42 Å². The number of aliphatic hydroxyl groups is 2. The number of rotatable bonds is 7. The van der Waals surface area contributed by atoms with Gasteiger partial charge in [0.05, 0.1) is 30.0 Å². The van der Waals surface area contributed by atoms with Crippen LogP contribution in [-0.4, -0.2) is 36.4 Å². The minimum absolute atomic E-state index is 0.154. The number of aliphatic hydroxyl groups excluding tert-OH is 2. The van der Waals surface area contributed by atoms with E-state index in [-0.39, 0.29) is 22.8 Å². The molecule has 1 aromatic carbocycles. The molecule has 2 saturated carbocycles. The number of benzene rings is 1. The van der Waals surface area contributed by atoms with Gasteiger partial charge in [-0.15, -0.1) is 0 Å². The summed E-state index contributed by atoms with van der Waals surface area (Å²) in [5, 5.41) is 21.5. The molecule has 2 aromatic rings. The van der Waals surface area contributed by atoms with E-state index in [1.54, 1.807) is 21.5 Å². The molecule has 2 fully saturated rings. The highest BCUT2D eigenvalue weighted by atomic mass is 16.3. The smallest absolute Gasteiger partial charge is 0.352 e. The van der Waals surface area contributed by atoms with Crippen LogP contribution in [0.4, 0.5) is 0 Å². The Balaban J connectivity index is 1.46. The fourth-order valence-corrected chi connectivity index (χ4v) is 9.30. The third kappa shape index (κ3) is 4.71. The molecule has 2 heterocycles. The zero-order chi connectivity index (χ0) is 29.9. The summed E-state index contributed by atoms with van der Waals surface area (Å²) in [5.74, 6) is 2.39. The molecule has 0 unspecified atom stereocenters. The Morgan fingerprint density at radius 3 is 2.40 bits per heavy atom. The van der Waals surface area contributed by atoms with Gasteiger partial charge in [-0.2, -0.15) is 0 Å². The summed E-state index contributed by atoms with van der Waals surface area (Å²) in [5.41, 5.74) is 3.01. The minimum atomic E-state index is -0.758. The van der Waals surface area contributed by atoms with Gasteiger partial charge >= 0.3 is 11.4 Å². The van der Waals surface area contributed by atoms with E-state index in [9.17, 15) is 19.8 Å². The molecule has 7 heteroatoms. The van der Waals surface area contributed by atoms with E-state index in [0.29, 0.717) is 36.3 Å². The molecule has 0 saturated heterocycles. The van der Waals surface area contributed by atoms with Gasteiger partial charge in [0.25, 0.3) is 0 Å². The molecule has 0 spiro atoms. The summed E-state index contributed by atoms with van der Waals surface area (Å²) in [7, 11) is 0. The van der Waals surface area contributed by atoms with E-state index in [4.69, 9.17) is 0 Å². The summed E-state index contributed by atoms with van der Waals surface area (Å²) in [4.78, 5) is 28.3. The maximum absolute atomic E-state index is 14.2. The van der Waals surface area contributed by atoms with E-state index < -0.39 is 18.2 Å². The first-order valence-corrected chi connectivity index (χ1v) is 16.3. The topological polar surface area (TPSA) is 89.4 Å². The molecular formula is C35H49N3O4. The standard InChI is InChI=1S/C35H49N3O4/c1-21(2)10-9-11-22(3)28-14-15-29-27-20-31(26-18-25(39)19-32(40)23(26)4)38-34(42)36(24-12-7-6-8-13-24)33(41)37(38)30(27)16-17-35(28,29)5/h6-8,12-13,20-22,25,28-32,39-40H,9-11,14-19H2,1-5H3/t22-,25-,28-,29+,30+,31+,32+,35-/m0/s1. The fraction of sp³-hybridized carbons (Fsp3) is 0.657. The number of hydrogen-bond donors (Lipinski definition) is 2. The lowest BCUT2D eigenvalue weighted by molar-refractivity contribution is 0.0677. The van der Waals surface area contributed by atoms with Crippen molar-refractivity contribution in [2.75, 3.05) is 0 Å². The van der Waals surface area contributed by atoms with Crippen LogP contribution >= 0.6 is 0 Å². The van der Waals surface area contributed by atoms with Crippen LogP contribution in [0.3, 0.4) is 0 Å². The Bertz CT molecular complexity index is 1490. The lowest BCUT2D eigenvalue weighted by atomic mass is 9.59. The van der Waals surface area contributed by atoms with Crippen LogP contribution in [0.2, 0.25) is 0 Å². The van der Waals surface area contributed by atoms with Gasteiger partial charge in [-0.05, 0) is 97.0 Å². The Kier molecular flexibility index (Phi) is 7.80. The van der Waals surface area contributed by atoms with Crippen molar-refractivity contribution in [1.29, 1.82) is 0 Å². The number of allylic oxidation sites excluding steroid dienone is 2. The van der Waals surface area contributed by atoms with Crippen molar-refractivity contribution in [2.24, 2.45) is 29.1 Å².